The van der Waals surface area contributed by atoms with Gasteiger partial charge in [-0.3, -0.25) is 0 Å². The molecule has 0 N–H and O–H groups in total. The minimum absolute atomic E-state index is 0.200. The summed E-state index contributed by atoms with van der Waals surface area (Å²) in [5.74, 6) is -0.225. The summed E-state index contributed by atoms with van der Waals surface area (Å²) in [6.07, 6.45) is 8.50. The lowest BCUT2D eigenvalue weighted by Crippen LogP contribution is -2.08. The average Bonchev–Trinajstić information content (AvgIpc) is 2.83. The zero-order chi connectivity index (χ0) is 21.7. The molecule has 0 bridgehead atoms. The quantitative estimate of drug-likeness (QED) is 0.166. The van der Waals surface area contributed by atoms with Gasteiger partial charge in [-0.15, -0.1) is 0 Å². The molecule has 0 atom stereocenters. The van der Waals surface area contributed by atoms with Crippen LogP contribution in [-0.2, 0) is 15.6 Å². The molecular weight excluding hydrogens is 400 g/mol. The van der Waals surface area contributed by atoms with Crippen LogP contribution in [0.15, 0.2) is 99.6 Å². The standard InChI is InChI=1S/C28H33O2S/c1-2-3-4-5-6-7-14-23-30-28(29)24-19-21-27(22-20-24)31(25-15-10-8-11-16-25)26-17-12-9-13-18-26/h8-13,15-22H,2-7,14,23H2,1H3/q+1. The molecule has 0 saturated carbocycles. The van der Waals surface area contributed by atoms with Gasteiger partial charge < -0.3 is 4.74 Å². The molecule has 162 valence electrons. The summed E-state index contributed by atoms with van der Waals surface area (Å²) in [6, 6.07) is 29.0. The lowest BCUT2D eigenvalue weighted by Gasteiger charge is -2.09. The number of hydrogen-bond acceptors (Lipinski definition) is 2. The highest BCUT2D eigenvalue weighted by Gasteiger charge is 2.28. The number of esters is 1. The van der Waals surface area contributed by atoms with E-state index in [1.807, 2.05) is 24.3 Å². The topological polar surface area (TPSA) is 26.3 Å². The van der Waals surface area contributed by atoms with Crippen molar-refractivity contribution in [3.8, 4) is 0 Å². The van der Waals surface area contributed by atoms with E-state index < -0.39 is 0 Å². The Kier molecular flexibility index (Phi) is 9.72. The van der Waals surface area contributed by atoms with Crippen LogP contribution in [0.3, 0.4) is 0 Å². The third-order valence-corrected chi connectivity index (χ3v) is 7.50. The maximum absolute atomic E-state index is 12.4. The summed E-state index contributed by atoms with van der Waals surface area (Å²) in [6.45, 7) is 2.74. The minimum Gasteiger partial charge on any atom is -0.462 e. The van der Waals surface area contributed by atoms with E-state index in [4.69, 9.17) is 4.74 Å². The smallest absolute Gasteiger partial charge is 0.338 e. The molecule has 3 aromatic rings. The monoisotopic (exact) mass is 433 g/mol. The summed E-state index contributed by atoms with van der Waals surface area (Å²) >= 11 is 0. The van der Waals surface area contributed by atoms with Crippen LogP contribution in [0.1, 0.15) is 62.2 Å². The first-order chi connectivity index (χ1) is 15.3. The Morgan fingerprint density at radius 3 is 1.68 bits per heavy atom. The fourth-order valence-electron chi connectivity index (χ4n) is 3.56. The van der Waals surface area contributed by atoms with Gasteiger partial charge in [0.15, 0.2) is 14.7 Å². The van der Waals surface area contributed by atoms with E-state index in [0.717, 1.165) is 12.8 Å². The molecule has 0 aliphatic heterocycles. The molecule has 3 aromatic carbocycles. The number of hydrogen-bond donors (Lipinski definition) is 0. The van der Waals surface area contributed by atoms with E-state index in [1.165, 1.54) is 46.8 Å². The van der Waals surface area contributed by atoms with E-state index in [1.54, 1.807) is 0 Å². The number of rotatable bonds is 12. The number of unbranched alkanes of at least 4 members (excludes halogenated alkanes) is 6. The SMILES string of the molecule is CCCCCCCCCOC(=O)c1ccc([S+](c2ccccc2)c2ccccc2)cc1. The highest BCUT2D eigenvalue weighted by atomic mass is 32.2. The molecular formula is C28H33O2S+. The second-order valence-corrected chi connectivity index (χ2v) is 9.74. The second kappa shape index (κ2) is 13.0. The molecule has 3 rings (SSSR count). The van der Waals surface area contributed by atoms with E-state index in [0.29, 0.717) is 12.2 Å². The largest absolute Gasteiger partial charge is 0.462 e. The molecule has 0 heterocycles. The van der Waals surface area contributed by atoms with Crippen LogP contribution in [-0.4, -0.2) is 12.6 Å². The maximum Gasteiger partial charge on any atom is 0.338 e. The Morgan fingerprint density at radius 2 is 1.13 bits per heavy atom. The number of ether oxygens (including phenoxy) is 1. The molecule has 0 aliphatic rings. The molecule has 31 heavy (non-hydrogen) atoms. The first-order valence-corrected chi connectivity index (χ1v) is 12.6. The van der Waals surface area contributed by atoms with Crippen molar-refractivity contribution in [2.75, 3.05) is 6.61 Å². The molecule has 0 radical (unpaired) electrons. The molecule has 3 heteroatoms. The third kappa shape index (κ3) is 7.29. The number of carbonyl (C=O) groups excluding carboxylic acids is 1. The van der Waals surface area contributed by atoms with Gasteiger partial charge in [0.2, 0.25) is 0 Å². The van der Waals surface area contributed by atoms with Gasteiger partial charge in [-0.2, -0.15) is 0 Å². The van der Waals surface area contributed by atoms with Gasteiger partial charge in [0, 0.05) is 0 Å². The first kappa shape index (κ1) is 23.1. The third-order valence-electron chi connectivity index (χ3n) is 5.26. The van der Waals surface area contributed by atoms with E-state index >= 15 is 0 Å². The molecule has 0 unspecified atom stereocenters. The summed E-state index contributed by atoms with van der Waals surface area (Å²) < 4.78 is 5.49. The molecule has 0 aromatic heterocycles. The maximum atomic E-state index is 12.4. The van der Waals surface area contributed by atoms with Crippen LogP contribution in [0.4, 0.5) is 0 Å². The predicted octanol–water partition coefficient (Wildman–Crippen LogP) is 7.69. The van der Waals surface area contributed by atoms with Crippen LogP contribution in [0.25, 0.3) is 0 Å². The zero-order valence-electron chi connectivity index (χ0n) is 18.5. The van der Waals surface area contributed by atoms with Gasteiger partial charge in [-0.1, -0.05) is 81.8 Å². The van der Waals surface area contributed by atoms with E-state index in [2.05, 4.69) is 67.6 Å². The predicted molar refractivity (Wildman–Crippen MR) is 130 cm³/mol. The Morgan fingerprint density at radius 1 is 0.645 bits per heavy atom. The van der Waals surface area contributed by atoms with Gasteiger partial charge in [0.25, 0.3) is 0 Å². The van der Waals surface area contributed by atoms with Crippen LogP contribution < -0.4 is 0 Å². The molecule has 0 fully saturated rings. The summed E-state index contributed by atoms with van der Waals surface area (Å²) in [5.41, 5.74) is 0.622. The highest BCUT2D eigenvalue weighted by molar-refractivity contribution is 7.97. The van der Waals surface area contributed by atoms with Crippen LogP contribution in [0.5, 0.6) is 0 Å². The van der Waals surface area contributed by atoms with Crippen molar-refractivity contribution >= 4 is 16.9 Å². The molecule has 0 aliphatic carbocycles. The van der Waals surface area contributed by atoms with E-state index in [-0.39, 0.29) is 16.9 Å². The summed E-state index contributed by atoms with van der Waals surface area (Å²) in [5, 5.41) is 0. The van der Waals surface area contributed by atoms with Gasteiger partial charge in [0.05, 0.1) is 23.1 Å². The van der Waals surface area contributed by atoms with Crippen LogP contribution in [0, 0.1) is 0 Å². The van der Waals surface area contributed by atoms with Crippen molar-refractivity contribution in [2.45, 2.75) is 66.6 Å². The van der Waals surface area contributed by atoms with Crippen LogP contribution in [0.2, 0.25) is 0 Å². The first-order valence-electron chi connectivity index (χ1n) is 11.4. The van der Waals surface area contributed by atoms with Crippen molar-refractivity contribution in [1.82, 2.24) is 0 Å². The van der Waals surface area contributed by atoms with E-state index in [9.17, 15) is 4.79 Å². The van der Waals surface area contributed by atoms with Crippen molar-refractivity contribution in [2.24, 2.45) is 0 Å². The van der Waals surface area contributed by atoms with Gasteiger partial charge in [-0.05, 0) is 55.0 Å². The Bertz CT molecular complexity index is 852. The Labute approximate surface area is 190 Å². The van der Waals surface area contributed by atoms with Gasteiger partial charge in [-0.25, -0.2) is 4.79 Å². The van der Waals surface area contributed by atoms with Gasteiger partial charge >= 0.3 is 5.97 Å². The normalized spacial score (nSPS) is 10.9. The molecule has 0 saturated heterocycles. The lowest BCUT2D eigenvalue weighted by atomic mass is 10.1. The summed E-state index contributed by atoms with van der Waals surface area (Å²) in [7, 11) is -0.200. The van der Waals surface area contributed by atoms with Gasteiger partial charge in [0.1, 0.15) is 0 Å². The highest BCUT2D eigenvalue weighted by Crippen LogP contribution is 2.31. The zero-order valence-corrected chi connectivity index (χ0v) is 19.3. The minimum atomic E-state index is -0.225. The molecule has 0 spiro atoms. The van der Waals surface area contributed by atoms with Crippen molar-refractivity contribution < 1.29 is 9.53 Å². The number of benzene rings is 3. The Balaban J connectivity index is 1.58. The van der Waals surface area contributed by atoms with Crippen molar-refractivity contribution in [3.05, 3.63) is 90.5 Å². The van der Waals surface area contributed by atoms with Crippen LogP contribution >= 0.6 is 0 Å². The fourth-order valence-corrected chi connectivity index (χ4v) is 5.64. The average molecular weight is 434 g/mol. The second-order valence-electron chi connectivity index (χ2n) is 7.71. The van der Waals surface area contributed by atoms with Crippen molar-refractivity contribution in [3.63, 3.8) is 0 Å². The fraction of sp³-hybridized carbons (Fsp3) is 0.321. The van der Waals surface area contributed by atoms with Crippen molar-refractivity contribution in [1.29, 1.82) is 0 Å². The summed E-state index contributed by atoms with van der Waals surface area (Å²) in [4.78, 5) is 16.1. The lowest BCUT2D eigenvalue weighted by molar-refractivity contribution is 0.0497. The molecule has 0 amide bonds. The Hall–Kier alpha value is -2.52. The number of carbonyl (C=O) groups is 1. The molecule has 2 nitrogen and oxygen atoms in total.